The molecule has 0 saturated carbocycles. The first-order chi connectivity index (χ1) is 9.22. The number of unbranched alkanes of at least 4 members (excludes halogenated alkanes) is 1. The van der Waals surface area contributed by atoms with Crippen molar-refractivity contribution in [3.63, 3.8) is 0 Å². The summed E-state index contributed by atoms with van der Waals surface area (Å²) in [6.45, 7) is 4.43. The third kappa shape index (κ3) is 7.92. The van der Waals surface area contributed by atoms with E-state index in [0.717, 1.165) is 31.5 Å². The fraction of sp³-hybridized carbons (Fsp3) is 0.692. The Morgan fingerprint density at radius 3 is 2.95 bits per heavy atom. The molecule has 6 heteroatoms. The molecule has 1 aromatic heterocycles. The average Bonchev–Trinajstić information content (AvgIpc) is 2.80. The third-order valence-corrected chi connectivity index (χ3v) is 3.60. The molecule has 108 valence electrons. The molecule has 0 aliphatic carbocycles. The number of methoxy groups -OCH3 is 1. The van der Waals surface area contributed by atoms with Gasteiger partial charge in [-0.2, -0.15) is 0 Å². The van der Waals surface area contributed by atoms with E-state index >= 15 is 0 Å². The predicted octanol–water partition coefficient (Wildman–Crippen LogP) is 1.13. The van der Waals surface area contributed by atoms with E-state index in [-0.39, 0.29) is 5.91 Å². The molecule has 2 N–H and O–H groups in total. The van der Waals surface area contributed by atoms with Crippen LogP contribution in [0.1, 0.15) is 23.5 Å². The van der Waals surface area contributed by atoms with E-state index in [1.165, 1.54) is 5.01 Å². The van der Waals surface area contributed by atoms with Crippen LogP contribution in [0, 0.1) is 6.92 Å². The smallest absolute Gasteiger partial charge is 0.233 e. The lowest BCUT2D eigenvalue weighted by Crippen LogP contribution is -2.35. The summed E-state index contributed by atoms with van der Waals surface area (Å²) < 4.78 is 4.88. The summed E-state index contributed by atoms with van der Waals surface area (Å²) in [6, 6.07) is 0. The topological polar surface area (TPSA) is 63.2 Å². The van der Waals surface area contributed by atoms with E-state index in [1.807, 2.05) is 6.92 Å². The van der Waals surface area contributed by atoms with Crippen LogP contribution in [0.5, 0.6) is 0 Å². The SMILES string of the molecule is COCCNCC(=O)NCCCCc1nc(C)cs1. The van der Waals surface area contributed by atoms with Gasteiger partial charge in [-0.05, 0) is 26.2 Å². The lowest BCUT2D eigenvalue weighted by molar-refractivity contribution is -0.120. The van der Waals surface area contributed by atoms with Crippen LogP contribution in [-0.4, -0.2) is 44.2 Å². The quantitative estimate of drug-likeness (QED) is 0.633. The standard InChI is InChI=1S/C13H23N3O2S/c1-11-10-19-13(16-11)5-3-4-6-15-12(17)9-14-7-8-18-2/h10,14H,3-9H2,1-2H3,(H,15,17). The van der Waals surface area contributed by atoms with Crippen LogP contribution in [0.25, 0.3) is 0 Å². The van der Waals surface area contributed by atoms with Gasteiger partial charge in [-0.15, -0.1) is 11.3 Å². The van der Waals surface area contributed by atoms with Crippen molar-refractivity contribution in [2.45, 2.75) is 26.2 Å². The van der Waals surface area contributed by atoms with Gasteiger partial charge < -0.3 is 15.4 Å². The highest BCUT2D eigenvalue weighted by atomic mass is 32.1. The van der Waals surface area contributed by atoms with Crippen molar-refractivity contribution in [2.24, 2.45) is 0 Å². The Hall–Kier alpha value is -0.980. The fourth-order valence-corrected chi connectivity index (χ4v) is 2.40. The van der Waals surface area contributed by atoms with Crippen molar-refractivity contribution < 1.29 is 9.53 Å². The van der Waals surface area contributed by atoms with Crippen molar-refractivity contribution in [1.29, 1.82) is 0 Å². The summed E-state index contributed by atoms with van der Waals surface area (Å²) in [7, 11) is 1.64. The van der Waals surface area contributed by atoms with Crippen molar-refractivity contribution in [3.05, 3.63) is 16.1 Å². The third-order valence-electron chi connectivity index (χ3n) is 2.57. The zero-order valence-electron chi connectivity index (χ0n) is 11.7. The van der Waals surface area contributed by atoms with E-state index in [0.29, 0.717) is 19.7 Å². The molecule has 1 amide bonds. The van der Waals surface area contributed by atoms with Gasteiger partial charge in [0.1, 0.15) is 0 Å². The number of rotatable bonds is 10. The summed E-state index contributed by atoms with van der Waals surface area (Å²) in [6.07, 6.45) is 3.05. The zero-order valence-corrected chi connectivity index (χ0v) is 12.5. The Balaban J connectivity index is 1.94. The van der Waals surface area contributed by atoms with Crippen molar-refractivity contribution in [3.8, 4) is 0 Å². The minimum atomic E-state index is 0.0428. The molecule has 0 spiro atoms. The number of aromatic nitrogens is 1. The van der Waals surface area contributed by atoms with Gasteiger partial charge in [0, 0.05) is 31.3 Å². The Bertz CT molecular complexity index is 369. The summed E-state index contributed by atoms with van der Waals surface area (Å²) in [5.41, 5.74) is 1.09. The molecule has 1 aromatic rings. The number of thiazole rings is 1. The van der Waals surface area contributed by atoms with E-state index in [2.05, 4.69) is 21.0 Å². The van der Waals surface area contributed by atoms with Crippen molar-refractivity contribution in [1.82, 2.24) is 15.6 Å². The number of carbonyl (C=O) groups is 1. The van der Waals surface area contributed by atoms with Gasteiger partial charge in [-0.3, -0.25) is 4.79 Å². The van der Waals surface area contributed by atoms with Gasteiger partial charge in [0.25, 0.3) is 0 Å². The van der Waals surface area contributed by atoms with Crippen LogP contribution < -0.4 is 10.6 Å². The Morgan fingerprint density at radius 1 is 1.42 bits per heavy atom. The number of nitrogens with one attached hydrogen (secondary N) is 2. The highest BCUT2D eigenvalue weighted by molar-refractivity contribution is 7.09. The molecule has 0 aliphatic heterocycles. The molecular formula is C13H23N3O2S. The molecule has 0 fully saturated rings. The second kappa shape index (κ2) is 9.89. The maximum Gasteiger partial charge on any atom is 0.233 e. The molecule has 1 heterocycles. The molecule has 0 bridgehead atoms. The predicted molar refractivity (Wildman–Crippen MR) is 77.5 cm³/mol. The minimum Gasteiger partial charge on any atom is -0.383 e. The number of hydrogen-bond donors (Lipinski definition) is 2. The molecule has 19 heavy (non-hydrogen) atoms. The van der Waals surface area contributed by atoms with Gasteiger partial charge >= 0.3 is 0 Å². The van der Waals surface area contributed by atoms with Gasteiger partial charge in [-0.1, -0.05) is 0 Å². The van der Waals surface area contributed by atoms with Crippen molar-refractivity contribution >= 4 is 17.2 Å². The molecular weight excluding hydrogens is 262 g/mol. The van der Waals surface area contributed by atoms with E-state index in [9.17, 15) is 4.79 Å². The first-order valence-electron chi connectivity index (χ1n) is 6.59. The van der Waals surface area contributed by atoms with Crippen LogP contribution in [0.15, 0.2) is 5.38 Å². The van der Waals surface area contributed by atoms with Crippen molar-refractivity contribution in [2.75, 3.05) is 33.4 Å². The second-order valence-corrected chi connectivity index (χ2v) is 5.30. The van der Waals surface area contributed by atoms with Crippen LogP contribution in [0.4, 0.5) is 0 Å². The molecule has 0 aliphatic rings. The van der Waals surface area contributed by atoms with E-state index in [1.54, 1.807) is 18.4 Å². The normalized spacial score (nSPS) is 10.6. The molecule has 0 atom stereocenters. The number of amides is 1. The zero-order chi connectivity index (χ0) is 13.9. The molecule has 0 unspecified atom stereocenters. The molecule has 0 radical (unpaired) electrons. The number of nitrogens with zero attached hydrogens (tertiary/aromatic N) is 1. The van der Waals surface area contributed by atoms with Gasteiger partial charge in [0.05, 0.1) is 18.2 Å². The van der Waals surface area contributed by atoms with Crippen LogP contribution in [0.2, 0.25) is 0 Å². The molecule has 0 aromatic carbocycles. The number of ether oxygens (including phenoxy) is 1. The molecule has 0 saturated heterocycles. The summed E-state index contributed by atoms with van der Waals surface area (Å²) in [5, 5.41) is 9.16. The first kappa shape index (κ1) is 16.1. The number of hydrogen-bond acceptors (Lipinski definition) is 5. The van der Waals surface area contributed by atoms with Crippen LogP contribution in [0.3, 0.4) is 0 Å². The maximum absolute atomic E-state index is 11.4. The summed E-state index contributed by atoms with van der Waals surface area (Å²) >= 11 is 1.71. The average molecular weight is 285 g/mol. The van der Waals surface area contributed by atoms with Gasteiger partial charge in [0.15, 0.2) is 0 Å². The van der Waals surface area contributed by atoms with E-state index in [4.69, 9.17) is 4.74 Å². The monoisotopic (exact) mass is 285 g/mol. The summed E-state index contributed by atoms with van der Waals surface area (Å²) in [5.74, 6) is 0.0428. The first-order valence-corrected chi connectivity index (χ1v) is 7.47. The van der Waals surface area contributed by atoms with E-state index < -0.39 is 0 Å². The fourth-order valence-electron chi connectivity index (χ4n) is 1.59. The number of carbonyl (C=O) groups excluding carboxylic acids is 1. The number of aryl methyl sites for hydroxylation is 2. The largest absolute Gasteiger partial charge is 0.383 e. The Labute approximate surface area is 118 Å². The highest BCUT2D eigenvalue weighted by Crippen LogP contribution is 2.11. The summed E-state index contributed by atoms with van der Waals surface area (Å²) in [4.78, 5) is 15.8. The minimum absolute atomic E-state index is 0.0428. The lowest BCUT2D eigenvalue weighted by Gasteiger charge is -2.06. The van der Waals surface area contributed by atoms with Gasteiger partial charge in [0.2, 0.25) is 5.91 Å². The second-order valence-electron chi connectivity index (χ2n) is 4.36. The Kier molecular flexibility index (Phi) is 8.36. The maximum atomic E-state index is 11.4. The van der Waals surface area contributed by atoms with Gasteiger partial charge in [-0.25, -0.2) is 4.98 Å². The Morgan fingerprint density at radius 2 is 2.26 bits per heavy atom. The highest BCUT2D eigenvalue weighted by Gasteiger charge is 2.01. The lowest BCUT2D eigenvalue weighted by atomic mass is 10.2. The van der Waals surface area contributed by atoms with Crippen LogP contribution >= 0.6 is 11.3 Å². The van der Waals surface area contributed by atoms with Crippen LogP contribution in [-0.2, 0) is 16.0 Å². The molecule has 5 nitrogen and oxygen atoms in total. The molecule has 1 rings (SSSR count).